The summed E-state index contributed by atoms with van der Waals surface area (Å²) in [5, 5.41) is 4.31. The lowest BCUT2D eigenvalue weighted by Crippen LogP contribution is -2.17. The Balaban J connectivity index is 1.88. The lowest BCUT2D eigenvalue weighted by Gasteiger charge is -2.14. The normalized spacial score (nSPS) is 14.2. The largest absolute Gasteiger partial charge is 0.490 e. The lowest BCUT2D eigenvalue weighted by atomic mass is 10.1. The highest BCUT2D eigenvalue weighted by Crippen LogP contribution is 2.34. The minimum atomic E-state index is 0.614. The first-order valence-corrected chi connectivity index (χ1v) is 8.43. The fraction of sp³-hybridized carbons (Fsp3) is 0.647. The van der Waals surface area contributed by atoms with Crippen molar-refractivity contribution in [1.29, 1.82) is 0 Å². The molecule has 0 aromatic heterocycles. The Morgan fingerprint density at radius 1 is 1.10 bits per heavy atom. The summed E-state index contributed by atoms with van der Waals surface area (Å²) < 4.78 is 11.2. The van der Waals surface area contributed by atoms with Crippen LogP contribution in [0.2, 0.25) is 5.02 Å². The predicted molar refractivity (Wildman–Crippen MR) is 87.8 cm³/mol. The van der Waals surface area contributed by atoms with Gasteiger partial charge in [0.05, 0.1) is 13.2 Å². The zero-order valence-electron chi connectivity index (χ0n) is 13.1. The zero-order chi connectivity index (χ0) is 15.1. The molecule has 0 atom stereocenters. The molecule has 0 aliphatic heterocycles. The van der Waals surface area contributed by atoms with Crippen LogP contribution in [0.15, 0.2) is 12.1 Å². The quantitative estimate of drug-likeness (QED) is 0.657. The molecule has 0 bridgehead atoms. The fourth-order valence-electron chi connectivity index (χ4n) is 2.34. The SMILES string of the molecule is CCOc1cc(Cl)c(CCCCNC2CC2)cc1OCC. The van der Waals surface area contributed by atoms with Crippen LogP contribution < -0.4 is 14.8 Å². The van der Waals surface area contributed by atoms with E-state index >= 15 is 0 Å². The van der Waals surface area contributed by atoms with Crippen molar-refractivity contribution < 1.29 is 9.47 Å². The Hall–Kier alpha value is -0.930. The van der Waals surface area contributed by atoms with Gasteiger partial charge in [0.25, 0.3) is 0 Å². The second-order valence-corrected chi connectivity index (χ2v) is 5.85. The minimum Gasteiger partial charge on any atom is -0.490 e. The predicted octanol–water partition coefficient (Wildman–Crippen LogP) is 4.21. The highest BCUT2D eigenvalue weighted by Gasteiger charge is 2.19. The fourth-order valence-corrected chi connectivity index (χ4v) is 2.59. The van der Waals surface area contributed by atoms with E-state index in [0.29, 0.717) is 13.2 Å². The maximum absolute atomic E-state index is 6.36. The Morgan fingerprint density at radius 3 is 2.38 bits per heavy atom. The Bertz CT molecular complexity index is 447. The van der Waals surface area contributed by atoms with Crippen molar-refractivity contribution in [3.63, 3.8) is 0 Å². The van der Waals surface area contributed by atoms with E-state index in [4.69, 9.17) is 21.1 Å². The molecule has 3 nitrogen and oxygen atoms in total. The molecule has 1 aliphatic carbocycles. The summed E-state index contributed by atoms with van der Waals surface area (Å²) >= 11 is 6.36. The molecule has 0 spiro atoms. The maximum atomic E-state index is 6.36. The molecule has 1 aromatic carbocycles. The van der Waals surface area contributed by atoms with E-state index in [1.54, 1.807) is 0 Å². The van der Waals surface area contributed by atoms with Crippen molar-refractivity contribution in [1.82, 2.24) is 5.32 Å². The summed E-state index contributed by atoms with van der Waals surface area (Å²) in [6, 6.07) is 4.71. The van der Waals surface area contributed by atoms with Crippen molar-refractivity contribution in [3.8, 4) is 11.5 Å². The third kappa shape index (κ3) is 5.40. The number of aryl methyl sites for hydroxylation is 1. The van der Waals surface area contributed by atoms with E-state index in [0.717, 1.165) is 47.5 Å². The van der Waals surface area contributed by atoms with E-state index in [-0.39, 0.29) is 0 Å². The van der Waals surface area contributed by atoms with E-state index in [1.807, 2.05) is 26.0 Å². The molecular weight excluding hydrogens is 286 g/mol. The van der Waals surface area contributed by atoms with Gasteiger partial charge in [-0.3, -0.25) is 0 Å². The van der Waals surface area contributed by atoms with Crippen LogP contribution in [0.4, 0.5) is 0 Å². The number of nitrogens with one attached hydrogen (secondary N) is 1. The first-order valence-electron chi connectivity index (χ1n) is 8.06. The molecule has 0 radical (unpaired) electrons. The number of hydrogen-bond donors (Lipinski definition) is 1. The summed E-state index contributed by atoms with van der Waals surface area (Å²) in [4.78, 5) is 0. The Labute approximate surface area is 133 Å². The molecule has 1 fully saturated rings. The van der Waals surface area contributed by atoms with Crippen LogP contribution in [0.5, 0.6) is 11.5 Å². The van der Waals surface area contributed by atoms with Gasteiger partial charge < -0.3 is 14.8 Å². The maximum Gasteiger partial charge on any atom is 0.162 e. The van der Waals surface area contributed by atoms with E-state index < -0.39 is 0 Å². The van der Waals surface area contributed by atoms with Crippen molar-refractivity contribution in [2.24, 2.45) is 0 Å². The summed E-state index contributed by atoms with van der Waals surface area (Å²) in [5.41, 5.74) is 1.15. The molecule has 0 heterocycles. The minimum absolute atomic E-state index is 0.614. The average Bonchev–Trinajstić information content (AvgIpc) is 3.27. The summed E-state index contributed by atoms with van der Waals surface area (Å²) in [5.74, 6) is 1.54. The van der Waals surface area contributed by atoms with Gasteiger partial charge in [-0.1, -0.05) is 11.6 Å². The van der Waals surface area contributed by atoms with E-state index in [9.17, 15) is 0 Å². The lowest BCUT2D eigenvalue weighted by molar-refractivity contribution is 0.287. The van der Waals surface area contributed by atoms with Crippen molar-refractivity contribution in [2.75, 3.05) is 19.8 Å². The molecule has 118 valence electrons. The van der Waals surface area contributed by atoms with Gasteiger partial charge in [-0.15, -0.1) is 0 Å². The number of unbranched alkanes of at least 4 members (excludes halogenated alkanes) is 1. The summed E-state index contributed by atoms with van der Waals surface area (Å²) in [6.07, 6.45) is 6.01. The highest BCUT2D eigenvalue weighted by molar-refractivity contribution is 6.31. The Kier molecular flexibility index (Phi) is 6.65. The van der Waals surface area contributed by atoms with Crippen LogP contribution in [0, 0.1) is 0 Å². The second-order valence-electron chi connectivity index (χ2n) is 5.44. The molecule has 1 aliphatic rings. The first-order chi connectivity index (χ1) is 10.2. The third-order valence-electron chi connectivity index (χ3n) is 3.60. The summed E-state index contributed by atoms with van der Waals surface area (Å²) in [7, 11) is 0. The molecular formula is C17H26ClNO2. The smallest absolute Gasteiger partial charge is 0.162 e. The first kappa shape index (κ1) is 16.4. The molecule has 0 unspecified atom stereocenters. The number of hydrogen-bond acceptors (Lipinski definition) is 3. The third-order valence-corrected chi connectivity index (χ3v) is 3.95. The van der Waals surface area contributed by atoms with Crippen LogP contribution >= 0.6 is 11.6 Å². The van der Waals surface area contributed by atoms with Gasteiger partial charge in [-0.05, 0) is 64.1 Å². The molecule has 1 saturated carbocycles. The van der Waals surface area contributed by atoms with Crippen molar-refractivity contribution in [3.05, 3.63) is 22.7 Å². The monoisotopic (exact) mass is 311 g/mol. The van der Waals surface area contributed by atoms with E-state index in [2.05, 4.69) is 5.32 Å². The summed E-state index contributed by atoms with van der Waals surface area (Å²) in [6.45, 7) is 6.30. The van der Waals surface area contributed by atoms with Gasteiger partial charge in [0.15, 0.2) is 11.5 Å². The van der Waals surface area contributed by atoms with Gasteiger partial charge >= 0.3 is 0 Å². The number of halogens is 1. The van der Waals surface area contributed by atoms with Gasteiger partial charge in [-0.25, -0.2) is 0 Å². The number of benzene rings is 1. The van der Waals surface area contributed by atoms with Crippen LogP contribution in [0.1, 0.15) is 45.1 Å². The zero-order valence-corrected chi connectivity index (χ0v) is 13.8. The number of ether oxygens (including phenoxy) is 2. The van der Waals surface area contributed by atoms with Gasteiger partial charge in [-0.2, -0.15) is 0 Å². The van der Waals surface area contributed by atoms with Gasteiger partial charge in [0.2, 0.25) is 0 Å². The molecule has 21 heavy (non-hydrogen) atoms. The second kappa shape index (κ2) is 8.50. The number of rotatable bonds is 10. The molecule has 4 heteroatoms. The molecule has 2 rings (SSSR count). The highest BCUT2D eigenvalue weighted by atomic mass is 35.5. The average molecular weight is 312 g/mol. The van der Waals surface area contributed by atoms with Gasteiger partial charge in [0.1, 0.15) is 0 Å². The topological polar surface area (TPSA) is 30.5 Å². The van der Waals surface area contributed by atoms with Crippen LogP contribution in [-0.2, 0) is 6.42 Å². The van der Waals surface area contributed by atoms with Crippen LogP contribution in [0.25, 0.3) is 0 Å². The van der Waals surface area contributed by atoms with Crippen LogP contribution in [-0.4, -0.2) is 25.8 Å². The molecule has 1 N–H and O–H groups in total. The Morgan fingerprint density at radius 2 is 1.76 bits per heavy atom. The van der Waals surface area contributed by atoms with Crippen molar-refractivity contribution >= 4 is 11.6 Å². The molecule has 0 saturated heterocycles. The molecule has 1 aromatic rings. The van der Waals surface area contributed by atoms with E-state index in [1.165, 1.54) is 19.3 Å². The van der Waals surface area contributed by atoms with Crippen LogP contribution in [0.3, 0.4) is 0 Å². The molecule has 0 amide bonds. The standard InChI is InChI=1S/C17H26ClNO2/c1-3-20-16-11-13(15(18)12-17(16)21-4-2)7-5-6-10-19-14-8-9-14/h11-12,14,19H,3-10H2,1-2H3. The van der Waals surface area contributed by atoms with Gasteiger partial charge in [0, 0.05) is 17.1 Å². The van der Waals surface area contributed by atoms with Crippen molar-refractivity contribution in [2.45, 2.75) is 52.0 Å².